The molecule has 10 heteroatoms. The average molecular weight is 404 g/mol. The van der Waals surface area contributed by atoms with Crippen LogP contribution in [0.5, 0.6) is 0 Å². The van der Waals surface area contributed by atoms with E-state index in [1.54, 1.807) is 0 Å². The topological polar surface area (TPSA) is 70.6 Å². The number of hydrazone groups is 1. The molecule has 0 spiro atoms. The molecule has 0 bridgehead atoms. The second kappa shape index (κ2) is 8.20. The summed E-state index contributed by atoms with van der Waals surface area (Å²) < 4.78 is 38.5. The zero-order valence-electron chi connectivity index (χ0n) is 12.8. The number of carbonyl (C=O) groups is 2. The smallest absolute Gasteiger partial charge is 0.318 e. The highest BCUT2D eigenvalue weighted by Crippen LogP contribution is 2.31. The van der Waals surface area contributed by atoms with Crippen molar-refractivity contribution in [2.75, 3.05) is 5.32 Å². The van der Waals surface area contributed by atoms with E-state index in [-0.39, 0.29) is 21.3 Å². The molecule has 0 fully saturated rings. The van der Waals surface area contributed by atoms with Gasteiger partial charge in [-0.05, 0) is 24.3 Å². The monoisotopic (exact) mass is 403 g/mol. The molecule has 0 aliphatic rings. The molecular formula is C16H10Cl2F3N3O2. The molecule has 26 heavy (non-hydrogen) atoms. The third-order valence-electron chi connectivity index (χ3n) is 3.02. The molecule has 2 aromatic rings. The van der Waals surface area contributed by atoms with Crippen LogP contribution in [0.1, 0.15) is 11.1 Å². The molecular weight excluding hydrogens is 394 g/mol. The Morgan fingerprint density at radius 3 is 2.35 bits per heavy atom. The molecule has 0 aliphatic carbocycles. The van der Waals surface area contributed by atoms with Gasteiger partial charge in [-0.1, -0.05) is 41.4 Å². The number of rotatable bonds is 3. The predicted molar refractivity (Wildman–Crippen MR) is 92.3 cm³/mol. The first-order valence-electron chi connectivity index (χ1n) is 6.94. The molecule has 0 aliphatic heterocycles. The summed E-state index contributed by atoms with van der Waals surface area (Å²) in [5.41, 5.74) is 0.884. The summed E-state index contributed by atoms with van der Waals surface area (Å²) >= 11 is 11.5. The lowest BCUT2D eigenvalue weighted by molar-refractivity contribution is -0.137. The maximum atomic E-state index is 12.8. The Bertz CT molecular complexity index is 870. The number of anilines is 1. The van der Waals surface area contributed by atoms with Gasteiger partial charge >= 0.3 is 18.0 Å². The summed E-state index contributed by atoms with van der Waals surface area (Å²) in [5.74, 6) is -2.25. The van der Waals surface area contributed by atoms with Gasteiger partial charge in [0.25, 0.3) is 0 Å². The maximum absolute atomic E-state index is 12.8. The van der Waals surface area contributed by atoms with Crippen LogP contribution in [0.3, 0.4) is 0 Å². The number of amides is 2. The van der Waals surface area contributed by atoms with Crippen LogP contribution in [-0.4, -0.2) is 18.0 Å². The Morgan fingerprint density at radius 2 is 1.69 bits per heavy atom. The van der Waals surface area contributed by atoms with E-state index in [0.717, 1.165) is 12.3 Å². The molecule has 0 aromatic heterocycles. The first kappa shape index (κ1) is 19.7. The van der Waals surface area contributed by atoms with Crippen molar-refractivity contribution < 1.29 is 22.8 Å². The van der Waals surface area contributed by atoms with E-state index >= 15 is 0 Å². The second-order valence-electron chi connectivity index (χ2n) is 4.87. The molecule has 5 nitrogen and oxygen atoms in total. The van der Waals surface area contributed by atoms with Crippen molar-refractivity contribution in [1.82, 2.24) is 5.43 Å². The van der Waals surface area contributed by atoms with Crippen LogP contribution in [0.4, 0.5) is 18.9 Å². The lowest BCUT2D eigenvalue weighted by atomic mass is 10.1. The Kier molecular flexibility index (Phi) is 6.23. The molecule has 2 N–H and O–H groups in total. The minimum atomic E-state index is -4.57. The fourth-order valence-electron chi connectivity index (χ4n) is 1.84. The summed E-state index contributed by atoms with van der Waals surface area (Å²) in [5, 5.41) is 6.06. The Morgan fingerprint density at radius 1 is 1.00 bits per heavy atom. The van der Waals surface area contributed by atoms with Gasteiger partial charge in [0.05, 0.1) is 21.8 Å². The summed E-state index contributed by atoms with van der Waals surface area (Å²) in [6.45, 7) is 0. The van der Waals surface area contributed by atoms with Gasteiger partial charge in [0.2, 0.25) is 0 Å². The Balaban J connectivity index is 2.01. The van der Waals surface area contributed by atoms with E-state index < -0.39 is 23.6 Å². The average Bonchev–Trinajstić information content (AvgIpc) is 2.57. The van der Waals surface area contributed by atoms with Gasteiger partial charge in [-0.2, -0.15) is 18.3 Å². The number of hydrogen-bond donors (Lipinski definition) is 2. The van der Waals surface area contributed by atoms with Gasteiger partial charge in [0, 0.05) is 11.3 Å². The fourth-order valence-corrected chi connectivity index (χ4v) is 2.14. The van der Waals surface area contributed by atoms with Crippen LogP contribution < -0.4 is 10.7 Å². The van der Waals surface area contributed by atoms with E-state index in [2.05, 4.69) is 10.4 Å². The summed E-state index contributed by atoms with van der Waals surface area (Å²) in [7, 11) is 0. The lowest BCUT2D eigenvalue weighted by Gasteiger charge is -2.09. The zero-order valence-corrected chi connectivity index (χ0v) is 14.3. The van der Waals surface area contributed by atoms with Gasteiger partial charge in [-0.25, -0.2) is 5.43 Å². The number of nitrogens with zero attached hydrogens (tertiary/aromatic N) is 1. The first-order valence-corrected chi connectivity index (χ1v) is 7.69. The molecule has 0 saturated heterocycles. The summed E-state index contributed by atoms with van der Waals surface area (Å²) in [6.07, 6.45) is -3.77. The SMILES string of the molecule is O=C(N/N=C\c1ccccc1C(F)(F)F)C(=O)Nc1ccc(Cl)c(Cl)c1. The number of alkyl halides is 3. The lowest BCUT2D eigenvalue weighted by Crippen LogP contribution is -2.32. The first-order chi connectivity index (χ1) is 12.2. The highest BCUT2D eigenvalue weighted by atomic mass is 35.5. The zero-order chi connectivity index (χ0) is 19.3. The highest BCUT2D eigenvalue weighted by molar-refractivity contribution is 6.42. The summed E-state index contributed by atoms with van der Waals surface area (Å²) in [4.78, 5) is 23.4. The number of carbonyl (C=O) groups excluding carboxylic acids is 2. The highest BCUT2D eigenvalue weighted by Gasteiger charge is 2.32. The number of benzene rings is 2. The third-order valence-corrected chi connectivity index (χ3v) is 3.76. The van der Waals surface area contributed by atoms with Crippen molar-refractivity contribution in [3.8, 4) is 0 Å². The van der Waals surface area contributed by atoms with E-state index in [9.17, 15) is 22.8 Å². The van der Waals surface area contributed by atoms with Gasteiger partial charge in [0.1, 0.15) is 0 Å². The van der Waals surface area contributed by atoms with E-state index in [4.69, 9.17) is 23.2 Å². The fraction of sp³-hybridized carbons (Fsp3) is 0.0625. The van der Waals surface area contributed by atoms with Crippen molar-refractivity contribution >= 4 is 46.9 Å². The van der Waals surface area contributed by atoms with Crippen molar-refractivity contribution in [2.45, 2.75) is 6.18 Å². The van der Waals surface area contributed by atoms with Crippen LogP contribution in [0.2, 0.25) is 10.0 Å². The van der Waals surface area contributed by atoms with E-state index in [0.29, 0.717) is 0 Å². The molecule has 0 atom stereocenters. The minimum absolute atomic E-state index is 0.173. The number of hydrogen-bond acceptors (Lipinski definition) is 3. The molecule has 0 heterocycles. The Hall–Kier alpha value is -2.58. The summed E-state index contributed by atoms with van der Waals surface area (Å²) in [6, 6.07) is 8.83. The molecule has 2 aromatic carbocycles. The second-order valence-corrected chi connectivity index (χ2v) is 5.68. The normalized spacial score (nSPS) is 11.4. The molecule has 2 amide bonds. The molecule has 2 rings (SSSR count). The van der Waals surface area contributed by atoms with Crippen LogP contribution in [0.25, 0.3) is 0 Å². The quantitative estimate of drug-likeness (QED) is 0.460. The van der Waals surface area contributed by atoms with E-state index in [1.807, 2.05) is 5.43 Å². The van der Waals surface area contributed by atoms with Crippen molar-refractivity contribution in [1.29, 1.82) is 0 Å². The third kappa shape index (κ3) is 5.21. The van der Waals surface area contributed by atoms with Crippen molar-refractivity contribution in [2.24, 2.45) is 5.10 Å². The molecule has 0 unspecified atom stereocenters. The Labute approximate surface area is 155 Å². The molecule has 136 valence electrons. The van der Waals surface area contributed by atoms with Crippen LogP contribution in [-0.2, 0) is 15.8 Å². The molecule has 0 saturated carbocycles. The predicted octanol–water partition coefficient (Wildman–Crippen LogP) is 4.10. The number of halogens is 5. The van der Waals surface area contributed by atoms with Crippen molar-refractivity contribution in [3.63, 3.8) is 0 Å². The minimum Gasteiger partial charge on any atom is -0.318 e. The van der Waals surface area contributed by atoms with Crippen LogP contribution >= 0.6 is 23.2 Å². The van der Waals surface area contributed by atoms with Gasteiger partial charge in [0.15, 0.2) is 0 Å². The van der Waals surface area contributed by atoms with Gasteiger partial charge in [-0.3, -0.25) is 9.59 Å². The standard InChI is InChI=1S/C16H10Cl2F3N3O2/c17-12-6-5-10(7-13(12)18)23-14(25)15(26)24-22-8-9-3-1-2-4-11(9)16(19,20)21/h1-8H,(H,23,25)(H,24,26)/b22-8-. The number of nitrogens with one attached hydrogen (secondary N) is 2. The van der Waals surface area contributed by atoms with Gasteiger partial charge < -0.3 is 5.32 Å². The van der Waals surface area contributed by atoms with Crippen LogP contribution in [0.15, 0.2) is 47.6 Å². The van der Waals surface area contributed by atoms with E-state index in [1.165, 1.54) is 36.4 Å². The maximum Gasteiger partial charge on any atom is 0.417 e. The van der Waals surface area contributed by atoms with Crippen molar-refractivity contribution in [3.05, 3.63) is 63.6 Å². The van der Waals surface area contributed by atoms with Crippen LogP contribution in [0, 0.1) is 0 Å². The molecule has 0 radical (unpaired) electrons. The largest absolute Gasteiger partial charge is 0.417 e. The van der Waals surface area contributed by atoms with Gasteiger partial charge in [-0.15, -0.1) is 0 Å².